The summed E-state index contributed by atoms with van der Waals surface area (Å²) in [5, 5.41) is 3.08. The van der Waals surface area contributed by atoms with Gasteiger partial charge in [0.05, 0.1) is 24.8 Å². The van der Waals surface area contributed by atoms with E-state index in [1.807, 2.05) is 24.3 Å². The summed E-state index contributed by atoms with van der Waals surface area (Å²) in [6, 6.07) is 7.64. The molecule has 1 saturated heterocycles. The summed E-state index contributed by atoms with van der Waals surface area (Å²) in [6.07, 6.45) is 3.37. The van der Waals surface area contributed by atoms with Gasteiger partial charge in [-0.2, -0.15) is 0 Å². The van der Waals surface area contributed by atoms with Gasteiger partial charge in [-0.1, -0.05) is 18.2 Å². The van der Waals surface area contributed by atoms with Crippen LogP contribution in [0.1, 0.15) is 30.9 Å². The first kappa shape index (κ1) is 16.3. The number of carbonyl (C=O) groups is 1. The number of hydrogen-bond donors (Lipinski definition) is 1. The van der Waals surface area contributed by atoms with Crippen LogP contribution < -0.4 is 10.1 Å². The summed E-state index contributed by atoms with van der Waals surface area (Å²) in [5.41, 5.74) is 0.989. The predicted molar refractivity (Wildman–Crippen MR) is 86.6 cm³/mol. The van der Waals surface area contributed by atoms with Crippen LogP contribution in [0, 0.1) is 5.92 Å². The van der Waals surface area contributed by atoms with Crippen molar-refractivity contribution in [3.05, 3.63) is 29.8 Å². The molecule has 0 unspecified atom stereocenters. The molecule has 3 rings (SSSR count). The van der Waals surface area contributed by atoms with Crippen molar-refractivity contribution in [1.29, 1.82) is 0 Å². The lowest BCUT2D eigenvalue weighted by molar-refractivity contribution is -0.127. The molecule has 126 valence electrons. The molecule has 2 aliphatic heterocycles. The first-order valence-corrected chi connectivity index (χ1v) is 9.77. The second kappa shape index (κ2) is 6.49. The van der Waals surface area contributed by atoms with Gasteiger partial charge in [0.2, 0.25) is 15.9 Å². The van der Waals surface area contributed by atoms with E-state index in [0.717, 1.165) is 30.6 Å². The molecule has 2 atom stereocenters. The van der Waals surface area contributed by atoms with Crippen LogP contribution >= 0.6 is 0 Å². The fraction of sp³-hybridized carbons (Fsp3) is 0.562. The highest BCUT2D eigenvalue weighted by Gasteiger charge is 2.32. The van der Waals surface area contributed by atoms with Crippen molar-refractivity contribution < 1.29 is 17.9 Å². The van der Waals surface area contributed by atoms with Crippen molar-refractivity contribution in [3.63, 3.8) is 0 Å². The number of sulfonamides is 1. The highest BCUT2D eigenvalue weighted by molar-refractivity contribution is 7.88. The van der Waals surface area contributed by atoms with E-state index < -0.39 is 10.0 Å². The molecule has 0 aliphatic carbocycles. The monoisotopic (exact) mass is 338 g/mol. The molecule has 1 fully saturated rings. The van der Waals surface area contributed by atoms with Crippen molar-refractivity contribution in [2.24, 2.45) is 5.92 Å². The Bertz CT molecular complexity index is 689. The SMILES string of the molecule is CS(=O)(=O)N1CCC[C@@H](C(=O)N[C@H]2CCOc3ccccc32)C1. The van der Waals surface area contributed by atoms with Crippen LogP contribution in [0.25, 0.3) is 0 Å². The Kier molecular flexibility index (Phi) is 4.59. The second-order valence-corrected chi connectivity index (χ2v) is 8.18. The summed E-state index contributed by atoms with van der Waals surface area (Å²) in [7, 11) is -3.24. The summed E-state index contributed by atoms with van der Waals surface area (Å²) < 4.78 is 30.4. The quantitative estimate of drug-likeness (QED) is 0.901. The highest BCUT2D eigenvalue weighted by Crippen LogP contribution is 2.32. The Morgan fingerprint density at radius 2 is 2.09 bits per heavy atom. The number of fused-ring (bicyclic) bond motifs is 1. The predicted octanol–water partition coefficient (Wildman–Crippen LogP) is 1.30. The molecule has 23 heavy (non-hydrogen) atoms. The maximum absolute atomic E-state index is 12.6. The number of nitrogens with zero attached hydrogens (tertiary/aromatic N) is 1. The van der Waals surface area contributed by atoms with Gasteiger partial charge in [-0.15, -0.1) is 0 Å². The van der Waals surface area contributed by atoms with Crippen molar-refractivity contribution >= 4 is 15.9 Å². The highest BCUT2D eigenvalue weighted by atomic mass is 32.2. The summed E-state index contributed by atoms with van der Waals surface area (Å²) in [4.78, 5) is 12.6. The third-order valence-corrected chi connectivity index (χ3v) is 5.77. The van der Waals surface area contributed by atoms with Crippen LogP contribution in [-0.4, -0.2) is 44.6 Å². The zero-order valence-electron chi connectivity index (χ0n) is 13.2. The fourth-order valence-electron chi connectivity index (χ4n) is 3.24. The fourth-order valence-corrected chi connectivity index (χ4v) is 4.15. The Balaban J connectivity index is 1.68. The van der Waals surface area contributed by atoms with Crippen molar-refractivity contribution in [3.8, 4) is 5.75 Å². The van der Waals surface area contributed by atoms with Gasteiger partial charge in [0.25, 0.3) is 0 Å². The largest absolute Gasteiger partial charge is 0.493 e. The molecule has 1 aromatic rings. The average Bonchev–Trinajstić information content (AvgIpc) is 2.54. The summed E-state index contributed by atoms with van der Waals surface area (Å²) in [5.74, 6) is 0.457. The molecule has 0 saturated carbocycles. The number of rotatable bonds is 3. The van der Waals surface area contributed by atoms with Gasteiger partial charge in [0.15, 0.2) is 0 Å². The van der Waals surface area contributed by atoms with Gasteiger partial charge in [0, 0.05) is 25.1 Å². The van der Waals surface area contributed by atoms with Crippen molar-refractivity contribution in [1.82, 2.24) is 9.62 Å². The maximum atomic E-state index is 12.6. The topological polar surface area (TPSA) is 75.7 Å². The van der Waals surface area contributed by atoms with Gasteiger partial charge in [-0.3, -0.25) is 4.79 Å². The minimum absolute atomic E-state index is 0.0685. The Morgan fingerprint density at radius 1 is 1.30 bits per heavy atom. The number of para-hydroxylation sites is 1. The molecule has 0 aromatic heterocycles. The van der Waals surface area contributed by atoms with E-state index in [2.05, 4.69) is 5.32 Å². The average molecular weight is 338 g/mol. The van der Waals surface area contributed by atoms with Crippen LogP contribution in [0.15, 0.2) is 24.3 Å². The molecule has 6 nitrogen and oxygen atoms in total. The standard InChI is InChI=1S/C16H22N2O4S/c1-23(20,21)18-9-4-5-12(11-18)16(19)17-14-8-10-22-15-7-3-2-6-13(14)15/h2-3,6-7,12,14H,4-5,8-11H2,1H3,(H,17,19)/t12-,14+/m1/s1. The smallest absolute Gasteiger partial charge is 0.224 e. The van der Waals surface area contributed by atoms with Crippen molar-refractivity contribution in [2.45, 2.75) is 25.3 Å². The number of benzene rings is 1. The van der Waals surface area contributed by atoms with E-state index in [-0.39, 0.29) is 24.4 Å². The van der Waals surface area contributed by atoms with E-state index in [4.69, 9.17) is 4.74 Å². The third-order valence-electron chi connectivity index (χ3n) is 4.50. The maximum Gasteiger partial charge on any atom is 0.224 e. The van der Waals surface area contributed by atoms with Gasteiger partial charge in [0.1, 0.15) is 5.75 Å². The first-order valence-electron chi connectivity index (χ1n) is 7.92. The minimum Gasteiger partial charge on any atom is -0.493 e. The Hall–Kier alpha value is -1.60. The van der Waals surface area contributed by atoms with E-state index in [1.165, 1.54) is 10.6 Å². The van der Waals surface area contributed by atoms with Gasteiger partial charge in [-0.05, 0) is 18.9 Å². The molecule has 1 N–H and O–H groups in total. The first-order chi connectivity index (χ1) is 10.9. The lowest BCUT2D eigenvalue weighted by atomic mass is 9.96. The molecule has 1 amide bonds. The number of nitrogens with one attached hydrogen (secondary N) is 1. The molecular formula is C16H22N2O4S. The van der Waals surface area contributed by atoms with Crippen LogP contribution in [0.5, 0.6) is 5.75 Å². The molecule has 0 spiro atoms. The lowest BCUT2D eigenvalue weighted by Gasteiger charge is -2.32. The van der Waals surface area contributed by atoms with Crippen LogP contribution in [0.2, 0.25) is 0 Å². The minimum atomic E-state index is -3.24. The van der Waals surface area contributed by atoms with Gasteiger partial charge < -0.3 is 10.1 Å². The third kappa shape index (κ3) is 3.67. The van der Waals surface area contributed by atoms with E-state index >= 15 is 0 Å². The normalized spacial score (nSPS) is 25.3. The van der Waals surface area contributed by atoms with E-state index in [1.54, 1.807) is 0 Å². The number of hydrogen-bond acceptors (Lipinski definition) is 4. The van der Waals surface area contributed by atoms with E-state index in [9.17, 15) is 13.2 Å². The molecule has 2 aliphatic rings. The van der Waals surface area contributed by atoms with Gasteiger partial charge >= 0.3 is 0 Å². The number of amides is 1. The molecular weight excluding hydrogens is 316 g/mol. The zero-order chi connectivity index (χ0) is 16.4. The Morgan fingerprint density at radius 3 is 2.87 bits per heavy atom. The summed E-state index contributed by atoms with van der Waals surface area (Å²) in [6.45, 7) is 1.35. The molecule has 0 radical (unpaired) electrons. The van der Waals surface area contributed by atoms with Crippen LogP contribution in [-0.2, 0) is 14.8 Å². The Labute approximate surface area is 136 Å². The molecule has 1 aromatic carbocycles. The lowest BCUT2D eigenvalue weighted by Crippen LogP contribution is -2.46. The number of piperidine rings is 1. The van der Waals surface area contributed by atoms with Gasteiger partial charge in [-0.25, -0.2) is 12.7 Å². The van der Waals surface area contributed by atoms with Crippen LogP contribution in [0.4, 0.5) is 0 Å². The number of carbonyl (C=O) groups excluding carboxylic acids is 1. The van der Waals surface area contributed by atoms with Crippen molar-refractivity contribution in [2.75, 3.05) is 26.0 Å². The zero-order valence-corrected chi connectivity index (χ0v) is 14.0. The molecule has 2 heterocycles. The molecule has 0 bridgehead atoms. The molecule has 7 heteroatoms. The van der Waals surface area contributed by atoms with Crippen LogP contribution in [0.3, 0.4) is 0 Å². The number of ether oxygens (including phenoxy) is 1. The summed E-state index contributed by atoms with van der Waals surface area (Å²) >= 11 is 0. The second-order valence-electron chi connectivity index (χ2n) is 6.20. The van der Waals surface area contributed by atoms with E-state index in [0.29, 0.717) is 13.2 Å².